The fourth-order valence-corrected chi connectivity index (χ4v) is 2.00. The second-order valence-corrected chi connectivity index (χ2v) is 4.67. The Morgan fingerprint density at radius 3 is 2.48 bits per heavy atom. The van der Waals surface area contributed by atoms with Gasteiger partial charge < -0.3 is 4.74 Å². The van der Waals surface area contributed by atoms with Crippen molar-refractivity contribution in [3.63, 3.8) is 0 Å². The van der Waals surface area contributed by atoms with Crippen LogP contribution in [-0.2, 0) is 6.42 Å². The van der Waals surface area contributed by atoms with Gasteiger partial charge in [0.05, 0.1) is 12.3 Å². The van der Waals surface area contributed by atoms with E-state index in [9.17, 15) is 0 Å². The van der Waals surface area contributed by atoms with Crippen LogP contribution in [0.2, 0.25) is 0 Å². The molecule has 21 heavy (non-hydrogen) atoms. The molecule has 4 nitrogen and oxygen atoms in total. The van der Waals surface area contributed by atoms with Crippen LogP contribution < -0.4 is 10.2 Å². The smallest absolute Gasteiger partial charge is 0.119 e. The minimum Gasteiger partial charge on any atom is -0.494 e. The summed E-state index contributed by atoms with van der Waals surface area (Å²) in [6.07, 6.45) is 4.46. The molecule has 0 spiro atoms. The average Bonchev–Trinajstić information content (AvgIpc) is 2.55. The molecular formula is C17H20N2O2. The van der Waals surface area contributed by atoms with Crippen molar-refractivity contribution >= 4 is 12.0 Å². The Morgan fingerprint density at radius 2 is 1.76 bits per heavy atom. The van der Waals surface area contributed by atoms with Crippen LogP contribution in [0.15, 0.2) is 59.6 Å². The zero-order chi connectivity index (χ0) is 14.8. The summed E-state index contributed by atoms with van der Waals surface area (Å²) >= 11 is 0. The Balaban J connectivity index is 1.65. The van der Waals surface area contributed by atoms with Crippen LogP contribution in [-0.4, -0.2) is 18.2 Å². The van der Waals surface area contributed by atoms with Crippen molar-refractivity contribution in [3.8, 4) is 5.75 Å². The number of hydroxylamine groups is 1. The van der Waals surface area contributed by atoms with Crippen molar-refractivity contribution in [1.29, 1.82) is 0 Å². The molecule has 0 unspecified atom stereocenters. The van der Waals surface area contributed by atoms with E-state index in [0.29, 0.717) is 6.61 Å². The van der Waals surface area contributed by atoms with Gasteiger partial charge in [-0.1, -0.05) is 30.3 Å². The maximum atomic E-state index is 8.41. The maximum absolute atomic E-state index is 8.41. The number of hydrogen-bond donors (Lipinski definition) is 2. The Hall–Kier alpha value is -2.33. The van der Waals surface area contributed by atoms with Gasteiger partial charge in [-0.05, 0) is 49.1 Å². The molecule has 0 aromatic heterocycles. The Kier molecular flexibility index (Phi) is 6.29. The van der Waals surface area contributed by atoms with E-state index < -0.39 is 0 Å². The second-order valence-electron chi connectivity index (χ2n) is 4.67. The van der Waals surface area contributed by atoms with E-state index in [-0.39, 0.29) is 0 Å². The molecule has 2 aromatic carbocycles. The quantitative estimate of drug-likeness (QED) is 0.336. The summed E-state index contributed by atoms with van der Waals surface area (Å²) in [5, 5.41) is 8.41. The first-order valence-corrected chi connectivity index (χ1v) is 7.07. The molecule has 0 aliphatic rings. The molecule has 0 atom stereocenters. The highest BCUT2D eigenvalue weighted by Gasteiger charge is 1.96. The third kappa shape index (κ3) is 5.67. The van der Waals surface area contributed by atoms with E-state index >= 15 is 0 Å². The van der Waals surface area contributed by atoms with Gasteiger partial charge in [0.1, 0.15) is 12.1 Å². The van der Waals surface area contributed by atoms with Crippen LogP contribution in [0.5, 0.6) is 5.75 Å². The lowest BCUT2D eigenvalue weighted by Gasteiger charge is -2.06. The van der Waals surface area contributed by atoms with Crippen LogP contribution in [0.25, 0.3) is 0 Å². The lowest BCUT2D eigenvalue weighted by atomic mass is 10.1. The lowest BCUT2D eigenvalue weighted by Crippen LogP contribution is -2.01. The van der Waals surface area contributed by atoms with E-state index in [1.807, 2.05) is 35.8 Å². The molecule has 4 heteroatoms. The zero-order valence-corrected chi connectivity index (χ0v) is 11.9. The number of aryl methyl sites for hydroxylation is 1. The molecule has 0 heterocycles. The molecule has 2 aromatic rings. The largest absolute Gasteiger partial charge is 0.494 e. The van der Waals surface area contributed by atoms with E-state index in [4.69, 9.17) is 9.94 Å². The van der Waals surface area contributed by atoms with Gasteiger partial charge in [0.25, 0.3) is 0 Å². The monoisotopic (exact) mass is 284 g/mol. The first-order chi connectivity index (χ1) is 10.4. The topological polar surface area (TPSA) is 53.8 Å². The van der Waals surface area contributed by atoms with E-state index in [1.165, 1.54) is 11.9 Å². The number of unbranched alkanes of at least 4 members (excludes halogenated alkanes) is 1. The van der Waals surface area contributed by atoms with Crippen molar-refractivity contribution in [2.45, 2.75) is 19.3 Å². The normalized spacial score (nSPS) is 10.7. The number of benzene rings is 2. The first-order valence-electron chi connectivity index (χ1n) is 7.07. The summed E-state index contributed by atoms with van der Waals surface area (Å²) in [5.74, 6) is 0.839. The van der Waals surface area contributed by atoms with Gasteiger partial charge in [0.15, 0.2) is 0 Å². The van der Waals surface area contributed by atoms with Gasteiger partial charge >= 0.3 is 0 Å². The minimum atomic E-state index is 0.716. The van der Waals surface area contributed by atoms with E-state index in [0.717, 1.165) is 30.7 Å². The number of rotatable bonds is 8. The molecule has 0 fully saturated rings. The molecule has 0 bridgehead atoms. The third-order valence-electron chi connectivity index (χ3n) is 3.08. The molecular weight excluding hydrogens is 264 g/mol. The van der Waals surface area contributed by atoms with Crippen LogP contribution in [0.4, 0.5) is 5.69 Å². The van der Waals surface area contributed by atoms with Gasteiger partial charge in [-0.3, -0.25) is 10.7 Å². The fraction of sp³-hybridized carbons (Fsp3) is 0.235. The van der Waals surface area contributed by atoms with Crippen molar-refractivity contribution < 1.29 is 9.94 Å². The molecule has 0 aliphatic carbocycles. The van der Waals surface area contributed by atoms with Gasteiger partial charge in [-0.15, -0.1) is 0 Å². The van der Waals surface area contributed by atoms with Crippen molar-refractivity contribution in [2.24, 2.45) is 4.99 Å². The number of ether oxygens (including phenoxy) is 1. The summed E-state index contributed by atoms with van der Waals surface area (Å²) in [5.41, 5.74) is 4.00. The first kappa shape index (κ1) is 15.1. The molecule has 110 valence electrons. The summed E-state index contributed by atoms with van der Waals surface area (Å²) in [7, 11) is 0. The highest BCUT2D eigenvalue weighted by Crippen LogP contribution is 2.18. The van der Waals surface area contributed by atoms with Crippen molar-refractivity contribution in [2.75, 3.05) is 6.61 Å². The number of nitrogens with zero attached hydrogens (tertiary/aromatic N) is 1. The van der Waals surface area contributed by atoms with E-state index in [1.54, 1.807) is 0 Å². The van der Waals surface area contributed by atoms with Gasteiger partial charge in [0, 0.05) is 0 Å². The summed E-state index contributed by atoms with van der Waals surface area (Å²) < 4.78 is 5.69. The highest BCUT2D eigenvalue weighted by molar-refractivity contribution is 5.59. The van der Waals surface area contributed by atoms with Gasteiger partial charge in [0.2, 0.25) is 0 Å². The predicted octanol–water partition coefficient (Wildman–Crippen LogP) is 3.73. The zero-order valence-electron chi connectivity index (χ0n) is 11.9. The molecule has 0 saturated heterocycles. The standard InChI is InChI=1S/C17H20N2O2/c20-19-14-18-16-9-11-17(12-10-16)21-13-5-4-8-15-6-2-1-3-7-15/h1-3,6-7,9-12,14,20H,4-5,8,13H2,(H,18,19). The summed E-state index contributed by atoms with van der Waals surface area (Å²) in [6.45, 7) is 0.716. The Bertz CT molecular complexity index is 538. The lowest BCUT2D eigenvalue weighted by molar-refractivity contribution is 0.240. The van der Waals surface area contributed by atoms with Crippen LogP contribution in [0.1, 0.15) is 18.4 Å². The average molecular weight is 284 g/mol. The van der Waals surface area contributed by atoms with Gasteiger partial charge in [-0.25, -0.2) is 4.99 Å². The molecule has 0 saturated carbocycles. The molecule has 0 radical (unpaired) electrons. The minimum absolute atomic E-state index is 0.716. The van der Waals surface area contributed by atoms with E-state index in [2.05, 4.69) is 29.3 Å². The van der Waals surface area contributed by atoms with Crippen molar-refractivity contribution in [3.05, 3.63) is 60.2 Å². The van der Waals surface area contributed by atoms with Gasteiger partial charge in [-0.2, -0.15) is 0 Å². The van der Waals surface area contributed by atoms with Crippen LogP contribution in [0.3, 0.4) is 0 Å². The Morgan fingerprint density at radius 1 is 1.00 bits per heavy atom. The predicted molar refractivity (Wildman–Crippen MR) is 84.4 cm³/mol. The summed E-state index contributed by atoms with van der Waals surface area (Å²) in [6, 6.07) is 17.9. The molecule has 2 N–H and O–H groups in total. The second kappa shape index (κ2) is 8.76. The Labute approximate surface area is 125 Å². The molecule has 0 amide bonds. The molecule has 2 rings (SSSR count). The number of aliphatic imine (C=N–C) groups is 1. The van der Waals surface area contributed by atoms with Crippen LogP contribution >= 0.6 is 0 Å². The SMILES string of the molecule is ONC=Nc1ccc(OCCCCc2ccccc2)cc1. The maximum Gasteiger partial charge on any atom is 0.119 e. The van der Waals surface area contributed by atoms with Crippen molar-refractivity contribution in [1.82, 2.24) is 5.48 Å². The number of hydrogen-bond acceptors (Lipinski definition) is 3. The fourth-order valence-electron chi connectivity index (χ4n) is 2.00. The third-order valence-corrected chi connectivity index (χ3v) is 3.08. The number of nitrogens with one attached hydrogen (secondary N) is 1. The highest BCUT2D eigenvalue weighted by atomic mass is 16.5. The summed E-state index contributed by atoms with van der Waals surface area (Å²) in [4.78, 5) is 3.97. The van der Waals surface area contributed by atoms with Crippen LogP contribution in [0, 0.1) is 0 Å². The molecule has 0 aliphatic heterocycles.